The van der Waals surface area contributed by atoms with E-state index in [-0.39, 0.29) is 11.6 Å². The number of hydrogen-bond donors (Lipinski definition) is 1. The van der Waals surface area contributed by atoms with Gasteiger partial charge in [-0.05, 0) is 30.3 Å². The molecule has 2 heterocycles. The van der Waals surface area contributed by atoms with Crippen molar-refractivity contribution in [2.45, 2.75) is 23.6 Å². The fourth-order valence-corrected chi connectivity index (χ4v) is 4.54. The summed E-state index contributed by atoms with van der Waals surface area (Å²) in [6.07, 6.45) is 0. The van der Waals surface area contributed by atoms with Gasteiger partial charge in [0.1, 0.15) is 11.5 Å². The Hall–Kier alpha value is -1.79. The van der Waals surface area contributed by atoms with Gasteiger partial charge in [0.05, 0.1) is 11.2 Å². The third-order valence-electron chi connectivity index (χ3n) is 4.06. The molecule has 3 aromatic rings. The molecule has 0 fully saturated rings. The lowest BCUT2D eigenvalue weighted by molar-refractivity contribution is 0.101. The topological polar surface area (TPSA) is 34.0 Å². The quantitative estimate of drug-likeness (QED) is 0.629. The summed E-state index contributed by atoms with van der Waals surface area (Å²) in [5.74, 6) is -0.755. The number of carbonyl (C=O) groups is 1. The van der Waals surface area contributed by atoms with Crippen LogP contribution in [0.1, 0.15) is 17.4 Å². The minimum atomic E-state index is -0.461. The smallest absolute Gasteiger partial charge is 0.272 e. The van der Waals surface area contributed by atoms with Gasteiger partial charge < -0.3 is 9.88 Å². The average Bonchev–Trinajstić information content (AvgIpc) is 2.90. The number of amides is 1. The van der Waals surface area contributed by atoms with Gasteiger partial charge in [0, 0.05) is 26.5 Å². The standard InChI is InChI=1S/C18H14BrFN2OS/c1-10-9-22-15(7-11-3-2-4-16(24-10)17(11)22)18(23)21-14-6-5-12(19)8-13(14)20/h2-8,10H,9H2,1H3,(H,21,23). The summed E-state index contributed by atoms with van der Waals surface area (Å²) in [6, 6.07) is 12.6. The number of para-hydroxylation sites is 1. The van der Waals surface area contributed by atoms with Crippen molar-refractivity contribution in [3.05, 3.63) is 58.4 Å². The Labute approximate surface area is 151 Å². The normalized spacial score (nSPS) is 16.4. The molecule has 0 bridgehead atoms. The number of aromatic nitrogens is 1. The van der Waals surface area contributed by atoms with E-state index in [1.165, 1.54) is 11.0 Å². The maximum absolute atomic E-state index is 14.0. The van der Waals surface area contributed by atoms with Gasteiger partial charge in [0.2, 0.25) is 0 Å². The third-order valence-corrected chi connectivity index (χ3v) is 5.69. The predicted octanol–water partition coefficient (Wildman–Crippen LogP) is 5.29. The Balaban J connectivity index is 1.76. The number of anilines is 1. The number of thioether (sulfide) groups is 1. The predicted molar refractivity (Wildman–Crippen MR) is 99.3 cm³/mol. The average molecular weight is 405 g/mol. The Morgan fingerprint density at radius 2 is 2.17 bits per heavy atom. The van der Waals surface area contributed by atoms with E-state index in [0.29, 0.717) is 15.4 Å². The van der Waals surface area contributed by atoms with E-state index in [0.717, 1.165) is 17.4 Å². The fourth-order valence-electron chi connectivity index (χ4n) is 3.05. The van der Waals surface area contributed by atoms with E-state index in [1.54, 1.807) is 12.1 Å². The molecule has 4 rings (SSSR count). The lowest BCUT2D eigenvalue weighted by Crippen LogP contribution is -2.22. The molecule has 0 saturated heterocycles. The summed E-state index contributed by atoms with van der Waals surface area (Å²) < 4.78 is 16.7. The van der Waals surface area contributed by atoms with Crippen LogP contribution >= 0.6 is 27.7 Å². The van der Waals surface area contributed by atoms with Gasteiger partial charge in [-0.1, -0.05) is 35.0 Å². The van der Waals surface area contributed by atoms with Gasteiger partial charge in [-0.25, -0.2) is 4.39 Å². The van der Waals surface area contributed by atoms with Crippen molar-refractivity contribution in [2.75, 3.05) is 5.32 Å². The van der Waals surface area contributed by atoms with E-state index >= 15 is 0 Å². The number of carbonyl (C=O) groups excluding carboxylic acids is 1. The molecule has 1 aliphatic rings. The summed E-state index contributed by atoms with van der Waals surface area (Å²) >= 11 is 5.04. The van der Waals surface area contributed by atoms with E-state index in [1.807, 2.05) is 34.5 Å². The zero-order valence-electron chi connectivity index (χ0n) is 12.8. The Morgan fingerprint density at radius 3 is 2.96 bits per heavy atom. The van der Waals surface area contributed by atoms with Crippen molar-refractivity contribution in [2.24, 2.45) is 0 Å². The first-order valence-corrected chi connectivity index (χ1v) is 9.25. The van der Waals surface area contributed by atoms with Crippen LogP contribution in [0.15, 0.2) is 51.8 Å². The molecule has 0 aliphatic carbocycles. The van der Waals surface area contributed by atoms with Crippen LogP contribution in [0.25, 0.3) is 10.9 Å². The second-order valence-electron chi connectivity index (χ2n) is 5.84. The lowest BCUT2D eigenvalue weighted by atomic mass is 10.2. The molecular formula is C18H14BrFN2OS. The van der Waals surface area contributed by atoms with Crippen LogP contribution in [-0.2, 0) is 6.54 Å². The maximum Gasteiger partial charge on any atom is 0.272 e. The summed E-state index contributed by atoms with van der Waals surface area (Å²) in [5.41, 5.74) is 1.83. The Morgan fingerprint density at radius 1 is 1.33 bits per heavy atom. The molecule has 1 atom stereocenters. The van der Waals surface area contributed by atoms with E-state index < -0.39 is 5.82 Å². The molecule has 1 aliphatic heterocycles. The first kappa shape index (κ1) is 15.7. The molecule has 0 radical (unpaired) electrons. The monoisotopic (exact) mass is 404 g/mol. The number of nitrogens with one attached hydrogen (secondary N) is 1. The van der Waals surface area contributed by atoms with E-state index in [4.69, 9.17) is 0 Å². The Kier molecular flexibility index (Phi) is 3.89. The van der Waals surface area contributed by atoms with Gasteiger partial charge >= 0.3 is 0 Å². The summed E-state index contributed by atoms with van der Waals surface area (Å²) in [5, 5.41) is 4.10. The molecule has 24 heavy (non-hydrogen) atoms. The molecule has 2 aromatic carbocycles. The number of benzene rings is 2. The number of nitrogens with zero attached hydrogens (tertiary/aromatic N) is 1. The summed E-state index contributed by atoms with van der Waals surface area (Å²) in [4.78, 5) is 13.9. The van der Waals surface area contributed by atoms with Gasteiger partial charge in [0.25, 0.3) is 5.91 Å². The molecular weight excluding hydrogens is 391 g/mol. The number of rotatable bonds is 2. The molecule has 1 aromatic heterocycles. The van der Waals surface area contributed by atoms with Crippen LogP contribution in [-0.4, -0.2) is 15.7 Å². The fraction of sp³-hybridized carbons (Fsp3) is 0.167. The van der Waals surface area contributed by atoms with Crippen LogP contribution < -0.4 is 5.32 Å². The van der Waals surface area contributed by atoms with Crippen molar-refractivity contribution in [3.8, 4) is 0 Å². The van der Waals surface area contributed by atoms with E-state index in [9.17, 15) is 9.18 Å². The zero-order chi connectivity index (χ0) is 16.8. The van der Waals surface area contributed by atoms with Crippen molar-refractivity contribution in [1.82, 2.24) is 4.57 Å². The molecule has 1 N–H and O–H groups in total. The van der Waals surface area contributed by atoms with Crippen molar-refractivity contribution in [3.63, 3.8) is 0 Å². The van der Waals surface area contributed by atoms with Crippen molar-refractivity contribution >= 4 is 50.2 Å². The molecule has 1 amide bonds. The SMILES string of the molecule is CC1Cn2c(C(=O)Nc3ccc(Br)cc3F)cc3cccc(c32)S1. The highest BCUT2D eigenvalue weighted by molar-refractivity contribution is 9.10. The molecule has 122 valence electrons. The van der Waals surface area contributed by atoms with Gasteiger partial charge in [-0.2, -0.15) is 0 Å². The molecule has 6 heteroatoms. The van der Waals surface area contributed by atoms with Crippen LogP contribution in [0, 0.1) is 5.82 Å². The minimum Gasteiger partial charge on any atom is -0.334 e. The minimum absolute atomic E-state index is 0.180. The molecule has 0 spiro atoms. The largest absolute Gasteiger partial charge is 0.334 e. The Bertz CT molecular complexity index is 969. The van der Waals surface area contributed by atoms with Crippen LogP contribution in [0.2, 0.25) is 0 Å². The first-order valence-electron chi connectivity index (χ1n) is 7.58. The lowest BCUT2D eigenvalue weighted by Gasteiger charge is -2.22. The summed E-state index contributed by atoms with van der Waals surface area (Å²) in [6.45, 7) is 2.90. The zero-order valence-corrected chi connectivity index (χ0v) is 15.2. The van der Waals surface area contributed by atoms with Gasteiger partial charge in [-0.3, -0.25) is 4.79 Å². The summed E-state index contributed by atoms with van der Waals surface area (Å²) in [7, 11) is 0. The highest BCUT2D eigenvalue weighted by Crippen LogP contribution is 2.38. The third kappa shape index (κ3) is 2.63. The first-order chi connectivity index (χ1) is 11.5. The van der Waals surface area contributed by atoms with Crippen LogP contribution in [0.5, 0.6) is 0 Å². The molecule has 1 unspecified atom stereocenters. The number of hydrogen-bond acceptors (Lipinski definition) is 2. The highest BCUT2D eigenvalue weighted by Gasteiger charge is 2.24. The van der Waals surface area contributed by atoms with Crippen molar-refractivity contribution in [1.29, 1.82) is 0 Å². The second kappa shape index (κ2) is 5.93. The van der Waals surface area contributed by atoms with Gasteiger partial charge in [0.15, 0.2) is 0 Å². The van der Waals surface area contributed by atoms with Gasteiger partial charge in [-0.15, -0.1) is 11.8 Å². The molecule has 0 saturated carbocycles. The molecule has 3 nitrogen and oxygen atoms in total. The van der Waals surface area contributed by atoms with Crippen LogP contribution in [0.3, 0.4) is 0 Å². The highest BCUT2D eigenvalue weighted by atomic mass is 79.9. The van der Waals surface area contributed by atoms with E-state index in [2.05, 4.69) is 34.2 Å². The number of halogens is 2. The second-order valence-corrected chi connectivity index (χ2v) is 8.24. The van der Waals surface area contributed by atoms with Crippen molar-refractivity contribution < 1.29 is 9.18 Å². The maximum atomic E-state index is 14.0. The van der Waals surface area contributed by atoms with Crippen LogP contribution in [0.4, 0.5) is 10.1 Å².